The van der Waals surface area contributed by atoms with Crippen LogP contribution in [0.15, 0.2) is 118 Å². The number of halogens is 2. The van der Waals surface area contributed by atoms with E-state index in [0.29, 0.717) is 12.1 Å². The monoisotopic (exact) mass is 574 g/mol. The van der Waals surface area contributed by atoms with Crippen LogP contribution in [0, 0.1) is 0 Å². The van der Waals surface area contributed by atoms with E-state index in [1.165, 1.54) is 12.0 Å². The van der Waals surface area contributed by atoms with Crippen molar-refractivity contribution in [3.63, 3.8) is 0 Å². The predicted octanol–water partition coefficient (Wildman–Crippen LogP) is 8.22. The highest BCUT2D eigenvalue weighted by atomic mass is 35.5. The average Bonchev–Trinajstić information content (AvgIpc) is 3.13. The number of aliphatic imine (C=N–C) groups is 1. The van der Waals surface area contributed by atoms with E-state index in [1.807, 2.05) is 48.5 Å². The van der Waals surface area contributed by atoms with Crippen LogP contribution in [0.1, 0.15) is 27.0 Å². The largest absolute Gasteiger partial charge is 0.465 e. The van der Waals surface area contributed by atoms with Gasteiger partial charge in [-0.1, -0.05) is 78.0 Å². The van der Waals surface area contributed by atoms with Gasteiger partial charge in [0, 0.05) is 39.2 Å². The molecule has 4 aromatic carbocycles. The number of rotatable bonds is 7. The Morgan fingerprint density at radius 1 is 0.949 bits per heavy atom. The van der Waals surface area contributed by atoms with Gasteiger partial charge < -0.3 is 9.64 Å². The first-order valence-electron chi connectivity index (χ1n) is 12.4. The molecule has 4 nitrogen and oxygen atoms in total. The van der Waals surface area contributed by atoms with Gasteiger partial charge >= 0.3 is 5.97 Å². The van der Waals surface area contributed by atoms with E-state index in [0.717, 1.165) is 51.1 Å². The number of esters is 1. The fourth-order valence-corrected chi connectivity index (χ4v) is 5.42. The number of nitrogens with zero attached hydrogens (tertiary/aromatic N) is 2. The van der Waals surface area contributed by atoms with Gasteiger partial charge in [0.25, 0.3) is 0 Å². The molecule has 0 N–H and O–H groups in total. The maximum absolute atomic E-state index is 11.8. The molecule has 1 aliphatic rings. The topological polar surface area (TPSA) is 41.9 Å². The number of hydrogen-bond acceptors (Lipinski definition) is 5. The maximum atomic E-state index is 11.8. The maximum Gasteiger partial charge on any atom is 0.337 e. The Balaban J connectivity index is 0.00000353. The van der Waals surface area contributed by atoms with E-state index in [4.69, 9.17) is 21.3 Å². The minimum absolute atomic E-state index is 0. The van der Waals surface area contributed by atoms with E-state index in [1.54, 1.807) is 11.8 Å². The molecule has 0 aliphatic carbocycles. The SMILES string of the molecule is COC(=O)c1ccc(CN2CCN=C(C=Cc3ccccc3Sc3ccc(Cl)cc3)c3ccccc32)cc1.Cl. The zero-order valence-corrected chi connectivity index (χ0v) is 23.8. The third kappa shape index (κ3) is 7.12. The molecule has 1 aliphatic heterocycles. The standard InChI is InChI=1S/C32H27ClN2O2S.ClH/c1-37-32(36)25-12-10-23(11-13-25)22-35-21-20-34-29(28-7-3-4-8-30(28)35)19-14-24-6-2-5-9-31(24)38-27-17-15-26(33)16-18-27;/h2-19H,20-22H2,1H3;1H. The van der Waals surface area contributed by atoms with E-state index >= 15 is 0 Å². The van der Waals surface area contributed by atoms with Crippen molar-refractivity contribution in [3.8, 4) is 0 Å². The van der Waals surface area contributed by atoms with Gasteiger partial charge in [-0.25, -0.2) is 4.79 Å². The summed E-state index contributed by atoms with van der Waals surface area (Å²) in [5.41, 5.74) is 6.04. The molecule has 0 aromatic heterocycles. The van der Waals surface area contributed by atoms with Crippen LogP contribution in [0.5, 0.6) is 0 Å². The summed E-state index contributed by atoms with van der Waals surface area (Å²) in [7, 11) is 1.40. The number of carbonyl (C=O) groups excluding carboxylic acids is 1. The Kier molecular flexibility index (Phi) is 9.88. The summed E-state index contributed by atoms with van der Waals surface area (Å²) in [4.78, 5) is 21.4. The van der Waals surface area contributed by atoms with Crippen LogP contribution >= 0.6 is 35.8 Å². The van der Waals surface area contributed by atoms with Gasteiger partial charge in [-0.3, -0.25) is 4.99 Å². The molecule has 0 atom stereocenters. The first-order chi connectivity index (χ1) is 18.6. The van der Waals surface area contributed by atoms with Gasteiger partial charge in [0.05, 0.1) is 24.9 Å². The molecule has 0 amide bonds. The molecule has 0 spiro atoms. The first kappa shape index (κ1) is 28.5. The summed E-state index contributed by atoms with van der Waals surface area (Å²) in [6.07, 6.45) is 4.27. The molecule has 0 radical (unpaired) electrons. The van der Waals surface area contributed by atoms with Crippen molar-refractivity contribution in [2.75, 3.05) is 25.1 Å². The molecule has 4 aromatic rings. The van der Waals surface area contributed by atoms with Crippen LogP contribution in [0.2, 0.25) is 5.02 Å². The van der Waals surface area contributed by atoms with Crippen LogP contribution in [0.25, 0.3) is 6.08 Å². The number of fused-ring (bicyclic) bond motifs is 1. The van der Waals surface area contributed by atoms with E-state index in [-0.39, 0.29) is 18.4 Å². The minimum Gasteiger partial charge on any atom is -0.465 e. The number of benzene rings is 4. The highest BCUT2D eigenvalue weighted by Gasteiger charge is 2.17. The summed E-state index contributed by atoms with van der Waals surface area (Å²) in [6, 6.07) is 32.3. The number of allylic oxidation sites excluding steroid dienone is 1. The second kappa shape index (κ2) is 13.5. The van der Waals surface area contributed by atoms with Gasteiger partial charge in [0.15, 0.2) is 0 Å². The van der Waals surface area contributed by atoms with Crippen LogP contribution in [-0.4, -0.2) is 31.9 Å². The lowest BCUT2D eigenvalue weighted by molar-refractivity contribution is 0.0600. The number of hydrogen-bond donors (Lipinski definition) is 0. The van der Waals surface area contributed by atoms with Crippen molar-refractivity contribution in [1.29, 1.82) is 0 Å². The number of anilines is 1. The van der Waals surface area contributed by atoms with Gasteiger partial charge in [0.2, 0.25) is 0 Å². The Morgan fingerprint density at radius 3 is 2.44 bits per heavy atom. The van der Waals surface area contributed by atoms with Crippen molar-refractivity contribution in [3.05, 3.63) is 130 Å². The number of ether oxygens (including phenoxy) is 1. The average molecular weight is 576 g/mol. The Bertz CT molecular complexity index is 1490. The zero-order valence-electron chi connectivity index (χ0n) is 21.4. The molecule has 39 heavy (non-hydrogen) atoms. The summed E-state index contributed by atoms with van der Waals surface area (Å²) >= 11 is 7.78. The third-order valence-corrected chi connectivity index (χ3v) is 7.65. The van der Waals surface area contributed by atoms with Crippen LogP contribution in [0.3, 0.4) is 0 Å². The summed E-state index contributed by atoms with van der Waals surface area (Å²) in [6.45, 7) is 2.22. The van der Waals surface area contributed by atoms with Crippen molar-refractivity contribution >= 4 is 59.2 Å². The van der Waals surface area contributed by atoms with Crippen molar-refractivity contribution < 1.29 is 9.53 Å². The Morgan fingerprint density at radius 2 is 1.67 bits per heavy atom. The molecule has 0 fully saturated rings. The second-order valence-electron chi connectivity index (χ2n) is 8.82. The molecule has 0 saturated heterocycles. The fraction of sp³-hybridized carbons (Fsp3) is 0.125. The molecular formula is C32H28Cl2N2O2S. The van der Waals surface area contributed by atoms with E-state index in [9.17, 15) is 4.79 Å². The molecule has 0 saturated carbocycles. The lowest BCUT2D eigenvalue weighted by Crippen LogP contribution is -2.25. The highest BCUT2D eigenvalue weighted by molar-refractivity contribution is 7.99. The molecular weight excluding hydrogens is 547 g/mol. The van der Waals surface area contributed by atoms with Crippen LogP contribution < -0.4 is 4.90 Å². The highest BCUT2D eigenvalue weighted by Crippen LogP contribution is 2.32. The third-order valence-electron chi connectivity index (χ3n) is 6.30. The van der Waals surface area contributed by atoms with Gasteiger partial charge in [-0.05, 0) is 65.7 Å². The zero-order chi connectivity index (χ0) is 26.3. The van der Waals surface area contributed by atoms with Crippen LogP contribution in [0.4, 0.5) is 5.69 Å². The van der Waals surface area contributed by atoms with Crippen LogP contribution in [-0.2, 0) is 11.3 Å². The molecule has 0 bridgehead atoms. The Labute approximate surface area is 244 Å². The summed E-state index contributed by atoms with van der Waals surface area (Å²) < 4.78 is 4.82. The normalized spacial score (nSPS) is 12.8. The lowest BCUT2D eigenvalue weighted by Gasteiger charge is -2.25. The number of para-hydroxylation sites is 1. The number of benzodiazepines with no additional fused rings is 1. The fourth-order valence-electron chi connectivity index (χ4n) is 4.36. The summed E-state index contributed by atoms with van der Waals surface area (Å²) in [5, 5.41) is 0.736. The van der Waals surface area contributed by atoms with Crippen molar-refractivity contribution in [1.82, 2.24) is 0 Å². The van der Waals surface area contributed by atoms with Gasteiger partial charge in [-0.2, -0.15) is 0 Å². The lowest BCUT2D eigenvalue weighted by atomic mass is 10.0. The van der Waals surface area contributed by atoms with Gasteiger partial charge in [-0.15, -0.1) is 12.4 Å². The second-order valence-corrected chi connectivity index (χ2v) is 10.4. The number of carbonyl (C=O) groups is 1. The molecule has 7 heteroatoms. The first-order valence-corrected chi connectivity index (χ1v) is 13.6. The number of methoxy groups -OCH3 is 1. The molecule has 1 heterocycles. The van der Waals surface area contributed by atoms with Crippen molar-refractivity contribution in [2.24, 2.45) is 4.99 Å². The van der Waals surface area contributed by atoms with E-state index < -0.39 is 0 Å². The van der Waals surface area contributed by atoms with Crippen molar-refractivity contribution in [2.45, 2.75) is 16.3 Å². The minimum atomic E-state index is -0.324. The molecule has 198 valence electrons. The Hall–Kier alpha value is -3.51. The predicted molar refractivity (Wildman–Crippen MR) is 165 cm³/mol. The smallest absolute Gasteiger partial charge is 0.337 e. The molecule has 0 unspecified atom stereocenters. The summed E-state index contributed by atoms with van der Waals surface area (Å²) in [5.74, 6) is -0.324. The quantitative estimate of drug-likeness (QED) is 0.208. The van der Waals surface area contributed by atoms with E-state index in [2.05, 4.69) is 65.6 Å². The van der Waals surface area contributed by atoms with Gasteiger partial charge in [0.1, 0.15) is 0 Å². The molecule has 5 rings (SSSR count).